The zero-order chi connectivity index (χ0) is 13.3. The van der Waals surface area contributed by atoms with Crippen LogP contribution in [0.4, 0.5) is 5.69 Å². The first kappa shape index (κ1) is 13.9. The van der Waals surface area contributed by atoms with Gasteiger partial charge in [-0.2, -0.15) is 4.31 Å². The second-order valence-electron chi connectivity index (χ2n) is 3.96. The average molecular weight is 310 g/mol. The van der Waals surface area contributed by atoms with Crippen molar-refractivity contribution in [1.29, 1.82) is 0 Å². The monoisotopic (exact) mass is 309 g/mol. The number of halogens is 2. The van der Waals surface area contributed by atoms with Gasteiger partial charge in [-0.05, 0) is 12.1 Å². The maximum atomic E-state index is 12.4. The first-order valence-electron chi connectivity index (χ1n) is 5.38. The van der Waals surface area contributed by atoms with Crippen molar-refractivity contribution in [2.24, 2.45) is 0 Å². The van der Waals surface area contributed by atoms with Crippen molar-refractivity contribution in [2.75, 3.05) is 31.9 Å². The van der Waals surface area contributed by atoms with Gasteiger partial charge in [0.05, 0.1) is 15.7 Å². The summed E-state index contributed by atoms with van der Waals surface area (Å²) >= 11 is 11.8. The number of nitrogen functional groups attached to an aromatic ring is 1. The number of piperazine rings is 1. The van der Waals surface area contributed by atoms with Gasteiger partial charge in [-0.1, -0.05) is 23.2 Å². The Hall–Kier alpha value is -0.530. The van der Waals surface area contributed by atoms with Gasteiger partial charge in [0.1, 0.15) is 4.90 Å². The number of nitrogens with one attached hydrogen (secondary N) is 1. The zero-order valence-electron chi connectivity index (χ0n) is 9.49. The minimum Gasteiger partial charge on any atom is -0.397 e. The SMILES string of the molecule is Nc1cc(Cl)c(S(=O)(=O)N2CCNCC2)cc1Cl. The van der Waals surface area contributed by atoms with Crippen LogP contribution in [0.25, 0.3) is 0 Å². The zero-order valence-corrected chi connectivity index (χ0v) is 11.8. The molecule has 18 heavy (non-hydrogen) atoms. The Kier molecular flexibility index (Phi) is 4.03. The molecule has 8 heteroatoms. The largest absolute Gasteiger partial charge is 0.397 e. The third kappa shape index (κ3) is 2.57. The highest BCUT2D eigenvalue weighted by Crippen LogP contribution is 2.31. The second-order valence-corrected chi connectivity index (χ2v) is 6.68. The molecule has 1 aromatic carbocycles. The van der Waals surface area contributed by atoms with Crippen LogP contribution in [0.2, 0.25) is 10.0 Å². The topological polar surface area (TPSA) is 75.4 Å². The summed E-state index contributed by atoms with van der Waals surface area (Å²) in [4.78, 5) is 0.00488. The van der Waals surface area contributed by atoms with Crippen LogP contribution in [0.3, 0.4) is 0 Å². The fourth-order valence-electron chi connectivity index (χ4n) is 1.77. The summed E-state index contributed by atoms with van der Waals surface area (Å²) in [5, 5.41) is 3.37. The molecule has 0 atom stereocenters. The maximum absolute atomic E-state index is 12.4. The van der Waals surface area contributed by atoms with Gasteiger partial charge in [-0.15, -0.1) is 0 Å². The van der Waals surface area contributed by atoms with Gasteiger partial charge >= 0.3 is 0 Å². The fourth-order valence-corrected chi connectivity index (χ4v) is 3.97. The molecule has 0 aromatic heterocycles. The molecule has 1 aromatic rings. The van der Waals surface area contributed by atoms with E-state index >= 15 is 0 Å². The van der Waals surface area contributed by atoms with E-state index in [1.54, 1.807) is 0 Å². The lowest BCUT2D eigenvalue weighted by molar-refractivity contribution is 0.360. The van der Waals surface area contributed by atoms with Gasteiger partial charge < -0.3 is 11.1 Å². The Labute approximate surface area is 116 Å². The average Bonchev–Trinajstić information content (AvgIpc) is 2.34. The molecule has 1 heterocycles. The lowest BCUT2D eigenvalue weighted by Crippen LogP contribution is -2.46. The van der Waals surface area contributed by atoms with Crippen LogP contribution >= 0.6 is 23.2 Å². The number of rotatable bonds is 2. The number of anilines is 1. The number of benzene rings is 1. The molecular formula is C10H13Cl2N3O2S. The molecule has 0 unspecified atom stereocenters. The van der Waals surface area contributed by atoms with E-state index in [1.165, 1.54) is 16.4 Å². The molecule has 0 bridgehead atoms. The Morgan fingerprint density at radius 1 is 1.17 bits per heavy atom. The van der Waals surface area contributed by atoms with Crippen LogP contribution in [-0.2, 0) is 10.0 Å². The summed E-state index contributed by atoms with van der Waals surface area (Å²) in [5.74, 6) is 0. The molecule has 1 aliphatic rings. The summed E-state index contributed by atoms with van der Waals surface area (Å²) < 4.78 is 26.2. The summed E-state index contributed by atoms with van der Waals surface area (Å²) in [6, 6.07) is 2.66. The highest BCUT2D eigenvalue weighted by molar-refractivity contribution is 7.89. The Morgan fingerprint density at radius 3 is 2.39 bits per heavy atom. The molecule has 2 rings (SSSR count). The van der Waals surface area contributed by atoms with E-state index in [0.29, 0.717) is 26.2 Å². The van der Waals surface area contributed by atoms with Crippen molar-refractivity contribution in [3.05, 3.63) is 22.2 Å². The Balaban J connectivity index is 2.43. The van der Waals surface area contributed by atoms with E-state index in [-0.39, 0.29) is 20.6 Å². The lowest BCUT2D eigenvalue weighted by atomic mass is 10.3. The molecule has 0 spiro atoms. The number of sulfonamides is 1. The summed E-state index contributed by atoms with van der Waals surface area (Å²) in [7, 11) is -3.61. The van der Waals surface area contributed by atoms with Crippen LogP contribution in [-0.4, -0.2) is 38.9 Å². The van der Waals surface area contributed by atoms with Gasteiger partial charge in [-0.3, -0.25) is 0 Å². The highest BCUT2D eigenvalue weighted by Gasteiger charge is 2.28. The molecule has 0 radical (unpaired) electrons. The summed E-state index contributed by atoms with van der Waals surface area (Å²) in [5.41, 5.74) is 5.84. The van der Waals surface area contributed by atoms with Crippen LogP contribution in [0.5, 0.6) is 0 Å². The van der Waals surface area contributed by atoms with Gasteiger partial charge in [0, 0.05) is 26.2 Å². The van der Waals surface area contributed by atoms with Crippen molar-refractivity contribution < 1.29 is 8.42 Å². The van der Waals surface area contributed by atoms with Crippen molar-refractivity contribution in [3.63, 3.8) is 0 Å². The van der Waals surface area contributed by atoms with E-state index < -0.39 is 10.0 Å². The standard InChI is InChI=1S/C10H13Cl2N3O2S/c11-7-6-10(8(12)5-9(7)13)18(16,17)15-3-1-14-2-4-15/h5-6,14H,1-4,13H2. The normalized spacial score (nSPS) is 17.9. The van der Waals surface area contributed by atoms with Crippen molar-refractivity contribution in [3.8, 4) is 0 Å². The van der Waals surface area contributed by atoms with E-state index in [2.05, 4.69) is 5.32 Å². The Morgan fingerprint density at radius 2 is 1.78 bits per heavy atom. The quantitative estimate of drug-likeness (QED) is 0.804. The minimum atomic E-state index is -3.61. The Bertz CT molecular complexity index is 556. The van der Waals surface area contributed by atoms with Crippen LogP contribution < -0.4 is 11.1 Å². The summed E-state index contributed by atoms with van der Waals surface area (Å²) in [6.45, 7) is 2.08. The van der Waals surface area contributed by atoms with Crippen molar-refractivity contribution >= 4 is 38.9 Å². The fraction of sp³-hybridized carbons (Fsp3) is 0.400. The molecule has 1 aliphatic heterocycles. The smallest absolute Gasteiger partial charge is 0.244 e. The minimum absolute atomic E-state index is 0.00488. The van der Waals surface area contributed by atoms with Crippen molar-refractivity contribution in [1.82, 2.24) is 9.62 Å². The van der Waals surface area contributed by atoms with Crippen LogP contribution in [0, 0.1) is 0 Å². The first-order chi connectivity index (χ1) is 8.43. The first-order valence-corrected chi connectivity index (χ1v) is 7.58. The van der Waals surface area contributed by atoms with Crippen LogP contribution in [0.15, 0.2) is 17.0 Å². The number of nitrogens with zero attached hydrogens (tertiary/aromatic N) is 1. The number of hydrogen-bond acceptors (Lipinski definition) is 4. The molecule has 1 saturated heterocycles. The van der Waals surface area contributed by atoms with E-state index in [4.69, 9.17) is 28.9 Å². The third-order valence-electron chi connectivity index (χ3n) is 2.74. The predicted molar refractivity (Wildman–Crippen MR) is 72.5 cm³/mol. The second kappa shape index (κ2) is 5.22. The highest BCUT2D eigenvalue weighted by atomic mass is 35.5. The molecule has 100 valence electrons. The third-order valence-corrected chi connectivity index (χ3v) is 5.44. The molecule has 5 nitrogen and oxygen atoms in total. The van der Waals surface area contributed by atoms with Gasteiger partial charge in [0.25, 0.3) is 0 Å². The molecule has 0 amide bonds. The van der Waals surface area contributed by atoms with Gasteiger partial charge in [0.15, 0.2) is 0 Å². The van der Waals surface area contributed by atoms with Crippen LogP contribution in [0.1, 0.15) is 0 Å². The van der Waals surface area contributed by atoms with Gasteiger partial charge in [0.2, 0.25) is 10.0 Å². The molecule has 1 fully saturated rings. The predicted octanol–water partition coefficient (Wildman–Crippen LogP) is 1.17. The van der Waals surface area contributed by atoms with E-state index in [9.17, 15) is 8.42 Å². The molecule has 0 aliphatic carbocycles. The molecular weight excluding hydrogens is 297 g/mol. The maximum Gasteiger partial charge on any atom is 0.244 e. The number of nitrogens with two attached hydrogens (primary N) is 1. The number of hydrogen-bond donors (Lipinski definition) is 2. The molecule has 0 saturated carbocycles. The van der Waals surface area contributed by atoms with E-state index in [0.717, 1.165) is 0 Å². The van der Waals surface area contributed by atoms with Gasteiger partial charge in [-0.25, -0.2) is 8.42 Å². The lowest BCUT2D eigenvalue weighted by Gasteiger charge is -2.27. The summed E-state index contributed by atoms with van der Waals surface area (Å²) in [6.07, 6.45) is 0. The molecule has 3 N–H and O–H groups in total. The van der Waals surface area contributed by atoms with E-state index in [1.807, 2.05) is 0 Å². The van der Waals surface area contributed by atoms with Crippen molar-refractivity contribution in [2.45, 2.75) is 4.90 Å².